The molecule has 0 unspecified atom stereocenters. The van der Waals surface area contributed by atoms with Crippen molar-refractivity contribution in [1.29, 1.82) is 0 Å². The lowest BCUT2D eigenvalue weighted by molar-refractivity contribution is 0.111. The van der Waals surface area contributed by atoms with Gasteiger partial charge < -0.3 is 4.74 Å². The zero-order valence-electron chi connectivity index (χ0n) is 8.19. The molecule has 74 valence electrons. The van der Waals surface area contributed by atoms with E-state index < -0.39 is 0 Å². The fourth-order valence-electron chi connectivity index (χ4n) is 1.34. The van der Waals surface area contributed by atoms with E-state index in [4.69, 9.17) is 4.74 Å². The molecule has 1 aromatic rings. The summed E-state index contributed by atoms with van der Waals surface area (Å²) in [5, 5.41) is 0. The molecule has 0 spiro atoms. The van der Waals surface area contributed by atoms with Crippen LogP contribution >= 0.6 is 0 Å². The van der Waals surface area contributed by atoms with E-state index >= 15 is 0 Å². The highest BCUT2D eigenvalue weighted by Gasteiger charge is 2.25. The highest BCUT2D eigenvalue weighted by atomic mass is 16.5. The Morgan fingerprint density at radius 2 is 2.43 bits per heavy atom. The zero-order valence-corrected chi connectivity index (χ0v) is 8.19. The Morgan fingerprint density at radius 1 is 1.64 bits per heavy atom. The third-order valence-electron chi connectivity index (χ3n) is 2.28. The van der Waals surface area contributed by atoms with Gasteiger partial charge in [-0.15, -0.1) is 0 Å². The molecule has 0 aromatic carbocycles. The molecular weight excluding hydrogens is 178 g/mol. The molecule has 1 aromatic heterocycles. The van der Waals surface area contributed by atoms with Crippen molar-refractivity contribution >= 4 is 6.29 Å². The summed E-state index contributed by atoms with van der Waals surface area (Å²) in [7, 11) is 0. The van der Waals surface area contributed by atoms with E-state index in [9.17, 15) is 4.79 Å². The SMILES string of the molecule is CCc1nccc(C=O)c1OC1CC1. The molecule has 1 aliphatic carbocycles. The summed E-state index contributed by atoms with van der Waals surface area (Å²) in [5.41, 5.74) is 1.49. The van der Waals surface area contributed by atoms with Crippen molar-refractivity contribution in [1.82, 2.24) is 4.98 Å². The Kier molecular flexibility index (Phi) is 2.48. The third kappa shape index (κ3) is 1.76. The standard InChI is InChI=1S/C11H13NO2/c1-2-10-11(14-9-3-4-9)8(7-13)5-6-12-10/h5-7,9H,2-4H2,1H3. The van der Waals surface area contributed by atoms with Gasteiger partial charge in [-0.1, -0.05) is 6.92 Å². The molecule has 0 N–H and O–H groups in total. The lowest BCUT2D eigenvalue weighted by Crippen LogP contribution is -2.04. The minimum absolute atomic E-state index is 0.309. The van der Waals surface area contributed by atoms with E-state index in [1.54, 1.807) is 12.3 Å². The van der Waals surface area contributed by atoms with Gasteiger partial charge in [0.25, 0.3) is 0 Å². The van der Waals surface area contributed by atoms with Crippen LogP contribution in [0.5, 0.6) is 5.75 Å². The maximum absolute atomic E-state index is 10.8. The average Bonchev–Trinajstić information content (AvgIpc) is 3.02. The Balaban J connectivity index is 2.33. The van der Waals surface area contributed by atoms with Crippen molar-refractivity contribution in [2.24, 2.45) is 0 Å². The number of nitrogens with zero attached hydrogens (tertiary/aromatic N) is 1. The highest BCUT2D eigenvalue weighted by Crippen LogP contribution is 2.30. The fraction of sp³-hybridized carbons (Fsp3) is 0.455. The van der Waals surface area contributed by atoms with Crippen LogP contribution in [0, 0.1) is 0 Å². The molecule has 1 fully saturated rings. The topological polar surface area (TPSA) is 39.2 Å². The van der Waals surface area contributed by atoms with E-state index in [2.05, 4.69) is 4.98 Å². The van der Waals surface area contributed by atoms with Crippen LogP contribution < -0.4 is 4.74 Å². The second-order valence-electron chi connectivity index (χ2n) is 3.46. The second kappa shape index (κ2) is 3.78. The van der Waals surface area contributed by atoms with E-state index in [1.807, 2.05) is 6.92 Å². The van der Waals surface area contributed by atoms with Crippen molar-refractivity contribution in [2.45, 2.75) is 32.3 Å². The van der Waals surface area contributed by atoms with Crippen molar-refractivity contribution in [3.8, 4) is 5.75 Å². The number of carbonyl (C=O) groups excluding carboxylic acids is 1. The Hall–Kier alpha value is -1.38. The summed E-state index contributed by atoms with van der Waals surface area (Å²) >= 11 is 0. The van der Waals surface area contributed by atoms with Crippen LogP contribution in [0.15, 0.2) is 12.3 Å². The van der Waals surface area contributed by atoms with Crippen molar-refractivity contribution in [3.63, 3.8) is 0 Å². The van der Waals surface area contributed by atoms with Gasteiger partial charge in [0, 0.05) is 6.20 Å². The summed E-state index contributed by atoms with van der Waals surface area (Å²) in [5.74, 6) is 0.688. The zero-order chi connectivity index (χ0) is 9.97. The normalized spacial score (nSPS) is 15.2. The molecule has 1 aliphatic rings. The van der Waals surface area contributed by atoms with Crippen LogP contribution in [0.4, 0.5) is 0 Å². The first-order valence-corrected chi connectivity index (χ1v) is 4.95. The molecule has 2 rings (SSSR count). The van der Waals surface area contributed by atoms with Crippen LogP contribution in [-0.2, 0) is 6.42 Å². The van der Waals surface area contributed by atoms with Crippen LogP contribution in [0.3, 0.4) is 0 Å². The van der Waals surface area contributed by atoms with Gasteiger partial charge in [-0.25, -0.2) is 0 Å². The van der Waals surface area contributed by atoms with E-state index in [0.717, 1.165) is 31.2 Å². The van der Waals surface area contributed by atoms with E-state index in [0.29, 0.717) is 17.4 Å². The van der Waals surface area contributed by atoms with E-state index in [1.165, 1.54) is 0 Å². The van der Waals surface area contributed by atoms with Crippen molar-refractivity contribution in [3.05, 3.63) is 23.5 Å². The number of hydrogen-bond acceptors (Lipinski definition) is 3. The van der Waals surface area contributed by atoms with Gasteiger partial charge in [0.2, 0.25) is 0 Å². The monoisotopic (exact) mass is 191 g/mol. The van der Waals surface area contributed by atoms with Gasteiger partial charge in [0.05, 0.1) is 17.4 Å². The summed E-state index contributed by atoms with van der Waals surface area (Å²) in [6, 6.07) is 1.70. The summed E-state index contributed by atoms with van der Waals surface area (Å²) in [6.45, 7) is 2.01. The molecule has 1 saturated carbocycles. The number of carbonyl (C=O) groups is 1. The van der Waals surface area contributed by atoms with Gasteiger partial charge in [-0.05, 0) is 25.3 Å². The molecule has 0 atom stereocenters. The minimum Gasteiger partial charge on any atom is -0.488 e. The number of aldehydes is 1. The number of rotatable bonds is 4. The lowest BCUT2D eigenvalue weighted by Gasteiger charge is -2.10. The van der Waals surface area contributed by atoms with Crippen molar-refractivity contribution in [2.75, 3.05) is 0 Å². The fourth-order valence-corrected chi connectivity index (χ4v) is 1.34. The number of pyridine rings is 1. The first-order chi connectivity index (χ1) is 6.85. The maximum atomic E-state index is 10.8. The van der Waals surface area contributed by atoms with Gasteiger partial charge in [0.1, 0.15) is 0 Å². The largest absolute Gasteiger partial charge is 0.488 e. The molecule has 1 heterocycles. The quantitative estimate of drug-likeness (QED) is 0.683. The van der Waals surface area contributed by atoms with Crippen LogP contribution in [0.1, 0.15) is 35.8 Å². The average molecular weight is 191 g/mol. The minimum atomic E-state index is 0.309. The Labute approximate surface area is 83.1 Å². The molecule has 3 heteroatoms. The van der Waals surface area contributed by atoms with E-state index in [-0.39, 0.29) is 0 Å². The van der Waals surface area contributed by atoms with Crippen LogP contribution in [0.25, 0.3) is 0 Å². The number of ether oxygens (including phenoxy) is 1. The molecular formula is C11H13NO2. The van der Waals surface area contributed by atoms with Gasteiger partial charge in [-0.2, -0.15) is 0 Å². The van der Waals surface area contributed by atoms with Crippen LogP contribution in [0.2, 0.25) is 0 Å². The molecule has 0 aliphatic heterocycles. The third-order valence-corrected chi connectivity index (χ3v) is 2.28. The lowest BCUT2D eigenvalue weighted by atomic mass is 10.2. The van der Waals surface area contributed by atoms with Gasteiger partial charge in [0.15, 0.2) is 12.0 Å². The summed E-state index contributed by atoms with van der Waals surface area (Å²) < 4.78 is 5.68. The first kappa shape index (κ1) is 9.19. The predicted molar refractivity (Wildman–Crippen MR) is 52.7 cm³/mol. The molecule has 0 bridgehead atoms. The molecule has 0 saturated heterocycles. The maximum Gasteiger partial charge on any atom is 0.153 e. The Morgan fingerprint density at radius 3 is 3.00 bits per heavy atom. The molecule has 0 radical (unpaired) electrons. The molecule has 14 heavy (non-hydrogen) atoms. The van der Waals surface area contributed by atoms with Crippen molar-refractivity contribution < 1.29 is 9.53 Å². The summed E-state index contributed by atoms with van der Waals surface area (Å²) in [4.78, 5) is 15.0. The van der Waals surface area contributed by atoms with Gasteiger partial charge >= 0.3 is 0 Å². The number of aryl methyl sites for hydroxylation is 1. The molecule has 0 amide bonds. The smallest absolute Gasteiger partial charge is 0.153 e. The highest BCUT2D eigenvalue weighted by molar-refractivity contribution is 5.79. The second-order valence-corrected chi connectivity index (χ2v) is 3.46. The summed E-state index contributed by atoms with van der Waals surface area (Å²) in [6.07, 6.45) is 5.78. The molecule has 3 nitrogen and oxygen atoms in total. The van der Waals surface area contributed by atoms with Gasteiger partial charge in [-0.3, -0.25) is 9.78 Å². The van der Waals surface area contributed by atoms with Crippen LogP contribution in [-0.4, -0.2) is 17.4 Å². The first-order valence-electron chi connectivity index (χ1n) is 4.95. The predicted octanol–water partition coefficient (Wildman–Crippen LogP) is 2.00. The Bertz CT molecular complexity index is 345. The number of aromatic nitrogens is 1. The number of hydrogen-bond donors (Lipinski definition) is 0.